The number of ketones is 1. The highest BCUT2D eigenvalue weighted by molar-refractivity contribution is 6.30. The van der Waals surface area contributed by atoms with Gasteiger partial charge >= 0.3 is 0 Å². The van der Waals surface area contributed by atoms with E-state index in [2.05, 4.69) is 5.32 Å². The van der Waals surface area contributed by atoms with E-state index in [0.717, 1.165) is 28.4 Å². The van der Waals surface area contributed by atoms with Gasteiger partial charge in [0.15, 0.2) is 5.78 Å². The van der Waals surface area contributed by atoms with Gasteiger partial charge in [-0.1, -0.05) is 35.9 Å². The van der Waals surface area contributed by atoms with Crippen molar-refractivity contribution >= 4 is 34.7 Å². The van der Waals surface area contributed by atoms with Gasteiger partial charge in [0.2, 0.25) is 5.91 Å². The normalized spacial score (nSPS) is 20.6. The zero-order valence-corrected chi connectivity index (χ0v) is 17.7. The number of nitrogens with zero attached hydrogens (tertiary/aromatic N) is 1. The quantitative estimate of drug-likeness (QED) is 0.551. The molecule has 2 heterocycles. The van der Waals surface area contributed by atoms with Gasteiger partial charge in [-0.25, -0.2) is 0 Å². The lowest BCUT2D eigenvalue weighted by Crippen LogP contribution is -2.37. The largest absolute Gasteiger partial charge is 0.469 e. The summed E-state index contributed by atoms with van der Waals surface area (Å²) in [4.78, 5) is 28.2. The van der Waals surface area contributed by atoms with Crippen LogP contribution in [0.25, 0.3) is 0 Å². The number of fused-ring (bicyclic) bond motifs is 1. The van der Waals surface area contributed by atoms with Crippen LogP contribution in [0.15, 0.2) is 82.6 Å². The fourth-order valence-electron chi connectivity index (χ4n) is 4.62. The van der Waals surface area contributed by atoms with Gasteiger partial charge in [0.25, 0.3) is 0 Å². The van der Waals surface area contributed by atoms with Crippen molar-refractivity contribution in [3.8, 4) is 0 Å². The molecule has 156 valence electrons. The van der Waals surface area contributed by atoms with Crippen molar-refractivity contribution in [2.45, 2.75) is 31.7 Å². The van der Waals surface area contributed by atoms with Crippen LogP contribution >= 0.6 is 11.6 Å². The number of allylic oxidation sites excluding steroid dienone is 1. The van der Waals surface area contributed by atoms with Crippen LogP contribution in [0, 0.1) is 0 Å². The van der Waals surface area contributed by atoms with Crippen molar-refractivity contribution in [3.05, 3.63) is 94.5 Å². The van der Waals surface area contributed by atoms with Crippen molar-refractivity contribution in [1.29, 1.82) is 0 Å². The number of furan rings is 1. The molecule has 0 unspecified atom stereocenters. The molecule has 0 spiro atoms. The van der Waals surface area contributed by atoms with E-state index >= 15 is 0 Å². The second-order valence-corrected chi connectivity index (χ2v) is 8.36. The Morgan fingerprint density at radius 2 is 1.84 bits per heavy atom. The van der Waals surface area contributed by atoms with Gasteiger partial charge in [-0.2, -0.15) is 0 Å². The Bertz CT molecular complexity index is 1180. The van der Waals surface area contributed by atoms with Crippen LogP contribution in [-0.4, -0.2) is 11.7 Å². The fourth-order valence-corrected chi connectivity index (χ4v) is 4.75. The molecule has 6 heteroatoms. The Morgan fingerprint density at radius 1 is 1.06 bits per heavy atom. The maximum Gasteiger partial charge on any atom is 0.224 e. The molecule has 0 fully saturated rings. The van der Waals surface area contributed by atoms with Crippen molar-refractivity contribution in [2.75, 3.05) is 10.2 Å². The first-order valence-corrected chi connectivity index (χ1v) is 10.6. The minimum atomic E-state index is -0.536. The van der Waals surface area contributed by atoms with E-state index < -0.39 is 6.04 Å². The molecule has 0 bridgehead atoms. The molecule has 2 aliphatic rings. The molecular weight excluding hydrogens is 412 g/mol. The summed E-state index contributed by atoms with van der Waals surface area (Å²) in [5.74, 6) is 0.624. The Hall–Kier alpha value is -3.31. The maximum absolute atomic E-state index is 13.6. The summed E-state index contributed by atoms with van der Waals surface area (Å²) in [5.41, 5.74) is 3.84. The number of carbonyl (C=O) groups is 2. The first-order valence-electron chi connectivity index (χ1n) is 10.2. The SMILES string of the molecule is CC(=O)N1c2ccccc2NC2=C(C(=O)C[C@H](c3ccco3)C2)[C@@H]1c1ccc(Cl)cc1. The fraction of sp³-hybridized carbons (Fsp3) is 0.200. The van der Waals surface area contributed by atoms with Gasteiger partial charge in [-0.3, -0.25) is 14.5 Å². The Kier molecular flexibility index (Phi) is 4.91. The Labute approximate surface area is 185 Å². The van der Waals surface area contributed by atoms with E-state index in [1.165, 1.54) is 6.92 Å². The van der Waals surface area contributed by atoms with E-state index in [1.54, 1.807) is 23.3 Å². The molecule has 0 radical (unpaired) electrons. The zero-order valence-electron chi connectivity index (χ0n) is 17.0. The van der Waals surface area contributed by atoms with E-state index in [-0.39, 0.29) is 17.6 Å². The third-order valence-corrected chi connectivity index (χ3v) is 6.21. The van der Waals surface area contributed by atoms with Crippen LogP contribution in [0.1, 0.15) is 43.0 Å². The highest BCUT2D eigenvalue weighted by Gasteiger charge is 2.41. The van der Waals surface area contributed by atoms with Crippen molar-refractivity contribution < 1.29 is 14.0 Å². The van der Waals surface area contributed by atoms with Gasteiger partial charge < -0.3 is 9.73 Å². The summed E-state index contributed by atoms with van der Waals surface area (Å²) in [6.07, 6.45) is 2.59. The summed E-state index contributed by atoms with van der Waals surface area (Å²) in [6, 6.07) is 18.2. The number of hydrogen-bond acceptors (Lipinski definition) is 4. The number of nitrogens with one attached hydrogen (secondary N) is 1. The topological polar surface area (TPSA) is 62.6 Å². The summed E-state index contributed by atoms with van der Waals surface area (Å²) < 4.78 is 5.60. The lowest BCUT2D eigenvalue weighted by atomic mass is 9.80. The van der Waals surface area contributed by atoms with Gasteiger partial charge in [-0.05, 0) is 48.4 Å². The number of hydrogen-bond donors (Lipinski definition) is 1. The average molecular weight is 433 g/mol. The predicted molar refractivity (Wildman–Crippen MR) is 120 cm³/mol. The molecule has 1 aromatic heterocycles. The molecule has 5 rings (SSSR count). The summed E-state index contributed by atoms with van der Waals surface area (Å²) in [7, 11) is 0. The predicted octanol–water partition coefficient (Wildman–Crippen LogP) is 5.85. The molecule has 0 saturated carbocycles. The van der Waals surface area contributed by atoms with Gasteiger partial charge in [0.1, 0.15) is 5.76 Å². The number of Topliss-reactive ketones (excluding diaryl/α,β-unsaturated/α-hetero) is 1. The summed E-state index contributed by atoms with van der Waals surface area (Å²) in [6.45, 7) is 1.53. The lowest BCUT2D eigenvalue weighted by molar-refractivity contribution is -0.117. The molecular formula is C25H21ClN2O3. The zero-order chi connectivity index (χ0) is 21.5. The third kappa shape index (κ3) is 3.45. The standard InChI is InChI=1S/C25H21ClN2O3/c1-15(29)28-21-6-3-2-5-19(21)27-20-13-17(23-7-4-12-31-23)14-22(30)24(20)25(28)16-8-10-18(26)11-9-16/h2-12,17,25,27H,13-14H2,1H3/t17-,25+/m1/s1. The minimum Gasteiger partial charge on any atom is -0.469 e. The molecule has 1 aliphatic carbocycles. The van der Waals surface area contributed by atoms with E-state index in [9.17, 15) is 9.59 Å². The smallest absolute Gasteiger partial charge is 0.224 e. The third-order valence-electron chi connectivity index (χ3n) is 5.96. The van der Waals surface area contributed by atoms with Crippen LogP contribution in [0.4, 0.5) is 11.4 Å². The van der Waals surface area contributed by atoms with Crippen LogP contribution < -0.4 is 10.2 Å². The Balaban J connectivity index is 1.72. The van der Waals surface area contributed by atoms with Gasteiger partial charge in [-0.15, -0.1) is 0 Å². The summed E-state index contributed by atoms with van der Waals surface area (Å²) >= 11 is 6.12. The first-order chi connectivity index (χ1) is 15.0. The first kappa shape index (κ1) is 19.6. The molecule has 2 atom stereocenters. The van der Waals surface area contributed by atoms with Crippen LogP contribution in [0.3, 0.4) is 0 Å². The maximum atomic E-state index is 13.6. The second kappa shape index (κ2) is 7.75. The number of para-hydroxylation sites is 2. The number of halogens is 1. The number of amides is 1. The highest BCUT2D eigenvalue weighted by atomic mass is 35.5. The van der Waals surface area contributed by atoms with Crippen molar-refractivity contribution in [3.63, 3.8) is 0 Å². The number of carbonyl (C=O) groups excluding carboxylic acids is 2. The number of anilines is 2. The monoisotopic (exact) mass is 432 g/mol. The van der Waals surface area contributed by atoms with E-state index in [0.29, 0.717) is 23.4 Å². The average Bonchev–Trinajstić information content (AvgIpc) is 3.24. The molecule has 0 saturated heterocycles. The van der Waals surface area contributed by atoms with Crippen molar-refractivity contribution in [2.24, 2.45) is 0 Å². The van der Waals surface area contributed by atoms with Crippen LogP contribution in [-0.2, 0) is 9.59 Å². The molecule has 1 aliphatic heterocycles. The van der Waals surface area contributed by atoms with E-state index in [4.69, 9.17) is 16.0 Å². The van der Waals surface area contributed by atoms with Gasteiger partial charge in [0, 0.05) is 35.6 Å². The Morgan fingerprint density at radius 3 is 2.55 bits per heavy atom. The van der Waals surface area contributed by atoms with E-state index in [1.807, 2.05) is 48.5 Å². The molecule has 2 aromatic carbocycles. The van der Waals surface area contributed by atoms with Gasteiger partial charge in [0.05, 0.1) is 23.7 Å². The molecule has 3 aromatic rings. The lowest BCUT2D eigenvalue weighted by Gasteiger charge is -2.34. The number of benzene rings is 2. The van der Waals surface area contributed by atoms with Crippen LogP contribution in [0.2, 0.25) is 5.02 Å². The second-order valence-electron chi connectivity index (χ2n) is 7.92. The highest BCUT2D eigenvalue weighted by Crippen LogP contribution is 2.47. The van der Waals surface area contributed by atoms with Crippen molar-refractivity contribution in [1.82, 2.24) is 0 Å². The van der Waals surface area contributed by atoms with Crippen LogP contribution in [0.5, 0.6) is 0 Å². The molecule has 31 heavy (non-hydrogen) atoms. The summed E-state index contributed by atoms with van der Waals surface area (Å²) in [5, 5.41) is 4.08. The minimum absolute atomic E-state index is 0.00848. The molecule has 1 N–H and O–H groups in total. The number of rotatable bonds is 2. The molecule has 5 nitrogen and oxygen atoms in total. The molecule has 1 amide bonds.